The first-order chi connectivity index (χ1) is 8.97. The number of hydrogen-bond acceptors (Lipinski definition) is 1. The van der Waals surface area contributed by atoms with Gasteiger partial charge in [-0.2, -0.15) is 0 Å². The molecule has 0 heterocycles. The van der Waals surface area contributed by atoms with Gasteiger partial charge in [-0.15, -0.1) is 0 Å². The lowest BCUT2D eigenvalue weighted by Gasteiger charge is -2.31. The van der Waals surface area contributed by atoms with Gasteiger partial charge in [0.25, 0.3) is 0 Å². The molecule has 106 valence electrons. The van der Waals surface area contributed by atoms with Crippen LogP contribution < -0.4 is 4.90 Å². The minimum absolute atomic E-state index is 0.0481. The second-order valence-corrected chi connectivity index (χ2v) is 4.66. The van der Waals surface area contributed by atoms with E-state index in [4.69, 9.17) is 11.6 Å². The molecule has 2 nitrogen and oxygen atoms in total. The van der Waals surface area contributed by atoms with Gasteiger partial charge in [0.15, 0.2) is 5.82 Å². The average Bonchev–Trinajstić information content (AvgIpc) is 2.42. The third kappa shape index (κ3) is 3.24. The van der Waals surface area contributed by atoms with Crippen LogP contribution >= 0.6 is 11.6 Å². The van der Waals surface area contributed by atoms with Crippen LogP contribution in [0.4, 0.5) is 14.5 Å². The van der Waals surface area contributed by atoms with Crippen LogP contribution in [0.3, 0.4) is 0 Å². The van der Waals surface area contributed by atoms with Crippen molar-refractivity contribution in [3.8, 4) is 0 Å². The lowest BCUT2D eigenvalue weighted by atomic mass is 10.1. The van der Waals surface area contributed by atoms with Crippen LogP contribution in [-0.2, 0) is 4.79 Å². The molecule has 5 heteroatoms. The first-order valence-corrected chi connectivity index (χ1v) is 6.81. The van der Waals surface area contributed by atoms with Crippen LogP contribution in [0.2, 0.25) is 5.02 Å². The van der Waals surface area contributed by atoms with Gasteiger partial charge in [-0.05, 0) is 25.0 Å². The fourth-order valence-corrected chi connectivity index (χ4v) is 2.22. The number of carbonyl (C=O) groups is 1. The summed E-state index contributed by atoms with van der Waals surface area (Å²) in [6.07, 6.45) is 1.64. The normalized spacial score (nSPS) is 10.9. The van der Waals surface area contributed by atoms with Crippen molar-refractivity contribution in [1.29, 1.82) is 0 Å². The number of hydrogen-bond donors (Lipinski definition) is 0. The largest absolute Gasteiger partial charge is 0.307 e. The maximum atomic E-state index is 14.1. The van der Waals surface area contributed by atoms with Gasteiger partial charge in [0, 0.05) is 12.5 Å². The minimum atomic E-state index is -0.879. The van der Waals surface area contributed by atoms with E-state index in [-0.39, 0.29) is 24.1 Å². The summed E-state index contributed by atoms with van der Waals surface area (Å²) >= 11 is 5.58. The molecule has 0 unspecified atom stereocenters. The van der Waals surface area contributed by atoms with E-state index in [2.05, 4.69) is 0 Å². The summed E-state index contributed by atoms with van der Waals surface area (Å²) in [5, 5.41) is -0.572. The van der Waals surface area contributed by atoms with Crippen LogP contribution in [0.15, 0.2) is 12.1 Å². The maximum absolute atomic E-state index is 14.1. The monoisotopic (exact) mass is 289 g/mol. The Balaban J connectivity index is 3.33. The molecule has 1 amide bonds. The third-order valence-electron chi connectivity index (χ3n) is 3.15. The molecule has 0 atom stereocenters. The molecule has 0 spiro atoms. The summed E-state index contributed by atoms with van der Waals surface area (Å²) in [5.74, 6) is -1.90. The molecule has 0 radical (unpaired) electrons. The van der Waals surface area contributed by atoms with Crippen molar-refractivity contribution in [3.63, 3.8) is 0 Å². The lowest BCUT2D eigenvalue weighted by molar-refractivity contribution is -0.118. The van der Waals surface area contributed by atoms with E-state index in [1.54, 1.807) is 6.92 Å². The van der Waals surface area contributed by atoms with E-state index in [0.29, 0.717) is 12.8 Å². The number of nitrogens with zero attached hydrogens (tertiary/aromatic N) is 1. The quantitative estimate of drug-likeness (QED) is 0.728. The molecule has 1 aromatic carbocycles. The molecule has 0 saturated carbocycles. The predicted octanol–water partition coefficient (Wildman–Crippen LogP) is 4.55. The van der Waals surface area contributed by atoms with Gasteiger partial charge in [0.2, 0.25) is 5.91 Å². The van der Waals surface area contributed by atoms with Crippen LogP contribution in [0.5, 0.6) is 0 Å². The van der Waals surface area contributed by atoms with Crippen LogP contribution in [0.25, 0.3) is 0 Å². The highest BCUT2D eigenvalue weighted by atomic mass is 35.5. The summed E-state index contributed by atoms with van der Waals surface area (Å²) in [6.45, 7) is 5.56. The summed E-state index contributed by atoms with van der Waals surface area (Å²) in [6, 6.07) is 2.23. The van der Waals surface area contributed by atoms with Crippen LogP contribution in [0, 0.1) is 11.6 Å². The molecule has 0 aliphatic heterocycles. The zero-order valence-corrected chi connectivity index (χ0v) is 12.1. The van der Waals surface area contributed by atoms with Gasteiger partial charge >= 0.3 is 0 Å². The summed E-state index contributed by atoms with van der Waals surface area (Å²) < 4.78 is 27.3. The first kappa shape index (κ1) is 15.9. The molecule has 1 aromatic rings. The van der Waals surface area contributed by atoms with Crippen LogP contribution in [-0.4, -0.2) is 11.9 Å². The van der Waals surface area contributed by atoms with E-state index in [1.165, 1.54) is 11.0 Å². The highest BCUT2D eigenvalue weighted by Gasteiger charge is 2.26. The maximum Gasteiger partial charge on any atom is 0.227 e. The topological polar surface area (TPSA) is 20.3 Å². The van der Waals surface area contributed by atoms with Crippen molar-refractivity contribution < 1.29 is 13.6 Å². The molecule has 0 aliphatic carbocycles. The highest BCUT2D eigenvalue weighted by Crippen LogP contribution is 2.31. The van der Waals surface area contributed by atoms with Crippen LogP contribution in [0.1, 0.15) is 40.0 Å². The van der Waals surface area contributed by atoms with E-state index in [9.17, 15) is 13.6 Å². The molecule has 0 N–H and O–H groups in total. The Morgan fingerprint density at radius 3 is 2.32 bits per heavy atom. The Labute approximate surface area is 117 Å². The molecule has 0 saturated heterocycles. The van der Waals surface area contributed by atoms with Gasteiger partial charge in [-0.3, -0.25) is 4.79 Å². The van der Waals surface area contributed by atoms with Gasteiger partial charge < -0.3 is 4.90 Å². The summed E-state index contributed by atoms with van der Waals surface area (Å²) in [7, 11) is 0. The number of rotatable bonds is 5. The van der Waals surface area contributed by atoms with Gasteiger partial charge in [-0.25, -0.2) is 8.78 Å². The van der Waals surface area contributed by atoms with E-state index >= 15 is 0 Å². The standard InChI is InChI=1S/C14H18ClF2NO/c1-4-9(5-2)18(12(19)6-3)11-8-7-10(16)13(15)14(11)17/h7-9H,4-6H2,1-3H3. The Morgan fingerprint density at radius 2 is 1.84 bits per heavy atom. The number of carbonyl (C=O) groups excluding carboxylic acids is 1. The van der Waals surface area contributed by atoms with Crippen molar-refractivity contribution in [2.45, 2.75) is 46.1 Å². The van der Waals surface area contributed by atoms with Gasteiger partial charge in [0.1, 0.15) is 10.8 Å². The summed E-state index contributed by atoms with van der Waals surface area (Å²) in [5.41, 5.74) is 0.0481. The molecular formula is C14H18ClF2NO. The molecular weight excluding hydrogens is 272 g/mol. The van der Waals surface area contributed by atoms with Gasteiger partial charge in [0.05, 0.1) is 5.69 Å². The van der Waals surface area contributed by atoms with Crippen molar-refractivity contribution in [3.05, 3.63) is 28.8 Å². The number of anilines is 1. The fraction of sp³-hybridized carbons (Fsp3) is 0.500. The molecule has 0 aliphatic rings. The smallest absolute Gasteiger partial charge is 0.227 e. The predicted molar refractivity (Wildman–Crippen MR) is 73.5 cm³/mol. The number of halogens is 3. The molecule has 0 aromatic heterocycles. The third-order valence-corrected chi connectivity index (χ3v) is 3.50. The molecule has 0 bridgehead atoms. The second-order valence-electron chi connectivity index (χ2n) is 4.28. The Morgan fingerprint density at radius 1 is 1.26 bits per heavy atom. The number of benzene rings is 1. The SMILES string of the molecule is CCC(=O)N(c1ccc(F)c(Cl)c1F)C(CC)CC. The van der Waals surface area contributed by atoms with Crippen molar-refractivity contribution in [2.75, 3.05) is 4.90 Å². The Kier molecular flexibility index (Phi) is 5.73. The first-order valence-electron chi connectivity index (χ1n) is 6.43. The summed E-state index contributed by atoms with van der Waals surface area (Å²) in [4.78, 5) is 13.4. The molecule has 1 rings (SSSR count). The zero-order chi connectivity index (χ0) is 14.6. The van der Waals surface area contributed by atoms with Crippen molar-refractivity contribution in [2.24, 2.45) is 0 Å². The zero-order valence-electron chi connectivity index (χ0n) is 11.3. The van der Waals surface area contributed by atoms with E-state index in [1.807, 2.05) is 13.8 Å². The van der Waals surface area contributed by atoms with Crippen molar-refractivity contribution in [1.82, 2.24) is 0 Å². The molecule has 0 fully saturated rings. The highest BCUT2D eigenvalue weighted by molar-refractivity contribution is 6.31. The van der Waals surface area contributed by atoms with E-state index in [0.717, 1.165) is 6.07 Å². The Hall–Kier alpha value is -1.16. The Bertz CT molecular complexity index is 461. The lowest BCUT2D eigenvalue weighted by Crippen LogP contribution is -2.40. The fourth-order valence-electron chi connectivity index (χ4n) is 2.06. The second kappa shape index (κ2) is 6.85. The number of amides is 1. The molecule has 19 heavy (non-hydrogen) atoms. The van der Waals surface area contributed by atoms with E-state index < -0.39 is 16.7 Å². The average molecular weight is 290 g/mol. The van der Waals surface area contributed by atoms with Gasteiger partial charge in [-0.1, -0.05) is 32.4 Å². The van der Waals surface area contributed by atoms with Crippen molar-refractivity contribution >= 4 is 23.2 Å². The minimum Gasteiger partial charge on any atom is -0.307 e.